The van der Waals surface area contributed by atoms with Gasteiger partial charge in [-0.05, 0) is 29.8 Å². The molecule has 5 rings (SSSR count). The summed E-state index contributed by atoms with van der Waals surface area (Å²) in [6.07, 6.45) is 0. The van der Waals surface area contributed by atoms with Crippen molar-refractivity contribution >= 4 is 44.1 Å². The number of anilines is 1. The van der Waals surface area contributed by atoms with Gasteiger partial charge >= 0.3 is 5.91 Å². The Morgan fingerprint density at radius 1 is 0.969 bits per heavy atom. The van der Waals surface area contributed by atoms with Gasteiger partial charge in [-0.1, -0.05) is 65.9 Å². The number of hydrogen-bond donors (Lipinski definition) is 1. The molecule has 0 saturated carbocycles. The molecule has 1 unspecified atom stereocenters. The first kappa shape index (κ1) is 20.0. The number of amides is 1. The van der Waals surface area contributed by atoms with Gasteiger partial charge in [0.1, 0.15) is 11.5 Å². The molecule has 6 nitrogen and oxygen atoms in total. The molecule has 1 atom stereocenters. The SMILES string of the molecule is COc1ccc(C2/C(=C(/O)c3ccccc3)C(=O)C(=O)N2c2nc3ccccc3s2)cc1. The summed E-state index contributed by atoms with van der Waals surface area (Å²) in [5.41, 5.74) is 1.91. The van der Waals surface area contributed by atoms with Crippen LogP contribution < -0.4 is 9.64 Å². The van der Waals surface area contributed by atoms with Gasteiger partial charge in [-0.15, -0.1) is 0 Å². The number of rotatable bonds is 4. The Hall–Kier alpha value is -3.97. The van der Waals surface area contributed by atoms with Gasteiger partial charge < -0.3 is 9.84 Å². The van der Waals surface area contributed by atoms with E-state index in [1.54, 1.807) is 55.6 Å². The summed E-state index contributed by atoms with van der Waals surface area (Å²) in [6, 6.07) is 22.6. The number of carbonyl (C=O) groups excluding carboxylic acids is 2. The smallest absolute Gasteiger partial charge is 0.301 e. The Morgan fingerprint density at radius 3 is 2.34 bits per heavy atom. The second kappa shape index (κ2) is 7.94. The third-order valence-electron chi connectivity index (χ3n) is 5.41. The van der Waals surface area contributed by atoms with Gasteiger partial charge in [0.05, 0.1) is 28.9 Å². The number of fused-ring (bicyclic) bond motifs is 1. The van der Waals surface area contributed by atoms with Gasteiger partial charge in [-0.3, -0.25) is 14.5 Å². The molecule has 1 saturated heterocycles. The first-order valence-electron chi connectivity index (χ1n) is 9.94. The van der Waals surface area contributed by atoms with Crippen molar-refractivity contribution in [3.63, 3.8) is 0 Å². The van der Waals surface area contributed by atoms with E-state index in [1.165, 1.54) is 16.2 Å². The van der Waals surface area contributed by atoms with Crippen LogP contribution in [0, 0.1) is 0 Å². The first-order chi connectivity index (χ1) is 15.6. The number of thiazole rings is 1. The zero-order chi connectivity index (χ0) is 22.2. The van der Waals surface area contributed by atoms with Crippen molar-refractivity contribution in [2.45, 2.75) is 6.04 Å². The van der Waals surface area contributed by atoms with E-state index in [-0.39, 0.29) is 11.3 Å². The van der Waals surface area contributed by atoms with Crippen molar-refractivity contribution in [1.29, 1.82) is 0 Å². The van der Waals surface area contributed by atoms with Crippen LogP contribution in [0.15, 0.2) is 84.4 Å². The fourth-order valence-corrected chi connectivity index (χ4v) is 4.84. The summed E-state index contributed by atoms with van der Waals surface area (Å²) in [6.45, 7) is 0. The highest BCUT2D eigenvalue weighted by Crippen LogP contribution is 2.44. The van der Waals surface area contributed by atoms with Crippen molar-refractivity contribution in [2.75, 3.05) is 12.0 Å². The summed E-state index contributed by atoms with van der Waals surface area (Å²) in [5.74, 6) is -1.03. The normalized spacial score (nSPS) is 17.8. The van der Waals surface area contributed by atoms with Gasteiger partial charge in [0.2, 0.25) is 0 Å². The molecule has 1 fully saturated rings. The predicted molar refractivity (Wildman–Crippen MR) is 124 cm³/mol. The quantitative estimate of drug-likeness (QED) is 0.275. The van der Waals surface area contributed by atoms with E-state index >= 15 is 0 Å². The molecule has 3 aromatic carbocycles. The number of nitrogens with zero attached hydrogens (tertiary/aromatic N) is 2. The van der Waals surface area contributed by atoms with Crippen LogP contribution in [-0.4, -0.2) is 28.9 Å². The Labute approximate surface area is 188 Å². The van der Waals surface area contributed by atoms with E-state index in [9.17, 15) is 14.7 Å². The number of aromatic nitrogens is 1. The highest BCUT2D eigenvalue weighted by Gasteiger charge is 2.48. The molecule has 4 aromatic rings. The molecular formula is C25H18N2O4S. The fourth-order valence-electron chi connectivity index (χ4n) is 3.85. The highest BCUT2D eigenvalue weighted by molar-refractivity contribution is 7.22. The van der Waals surface area contributed by atoms with Crippen LogP contribution in [-0.2, 0) is 9.59 Å². The van der Waals surface area contributed by atoms with Crippen LogP contribution in [0.25, 0.3) is 16.0 Å². The van der Waals surface area contributed by atoms with Crippen molar-refractivity contribution < 1.29 is 19.4 Å². The maximum Gasteiger partial charge on any atom is 0.301 e. The molecule has 1 aromatic heterocycles. The van der Waals surface area contributed by atoms with Gasteiger partial charge in [0.25, 0.3) is 5.78 Å². The van der Waals surface area contributed by atoms with E-state index in [2.05, 4.69) is 4.98 Å². The lowest BCUT2D eigenvalue weighted by Crippen LogP contribution is -2.29. The number of carbonyl (C=O) groups is 2. The third kappa shape index (κ3) is 3.23. The predicted octanol–water partition coefficient (Wildman–Crippen LogP) is 4.93. The number of para-hydroxylation sites is 1. The van der Waals surface area contributed by atoms with E-state index in [0.717, 1.165) is 10.2 Å². The molecule has 0 bridgehead atoms. The Bertz CT molecular complexity index is 1330. The molecule has 1 aliphatic heterocycles. The lowest BCUT2D eigenvalue weighted by Gasteiger charge is -2.23. The maximum atomic E-state index is 13.2. The number of Topliss-reactive ketones (excluding diaryl/α,β-unsaturated/α-hetero) is 1. The first-order valence-corrected chi connectivity index (χ1v) is 10.8. The molecule has 2 heterocycles. The van der Waals surface area contributed by atoms with Gasteiger partial charge in [0, 0.05) is 5.56 Å². The van der Waals surface area contributed by atoms with E-state index in [1.807, 2.05) is 30.3 Å². The summed E-state index contributed by atoms with van der Waals surface area (Å²) in [7, 11) is 1.57. The van der Waals surface area contributed by atoms with Gasteiger partial charge in [0.15, 0.2) is 5.13 Å². The van der Waals surface area contributed by atoms with Gasteiger partial charge in [-0.2, -0.15) is 0 Å². The Balaban J connectivity index is 1.72. The molecule has 1 aliphatic rings. The number of benzene rings is 3. The summed E-state index contributed by atoms with van der Waals surface area (Å²) in [4.78, 5) is 32.4. The van der Waals surface area contributed by atoms with E-state index in [0.29, 0.717) is 22.0 Å². The zero-order valence-corrected chi connectivity index (χ0v) is 17.9. The summed E-state index contributed by atoms with van der Waals surface area (Å²) in [5, 5.41) is 11.5. The minimum atomic E-state index is -0.818. The second-order valence-electron chi connectivity index (χ2n) is 7.27. The third-order valence-corrected chi connectivity index (χ3v) is 6.45. The van der Waals surface area contributed by atoms with Crippen molar-refractivity contribution in [1.82, 2.24) is 4.98 Å². The average Bonchev–Trinajstić information content (AvgIpc) is 3.38. The average molecular weight is 442 g/mol. The standard InChI is InChI=1S/C25H18N2O4S/c1-31-17-13-11-15(12-14-17)21-20(22(28)16-7-3-2-4-8-16)23(29)24(30)27(21)25-26-18-9-5-6-10-19(18)32-25/h2-14,21,28H,1H3/b22-20-. The maximum absolute atomic E-state index is 13.2. The number of methoxy groups -OCH3 is 1. The number of aliphatic hydroxyl groups excluding tert-OH is 1. The number of ether oxygens (including phenoxy) is 1. The van der Waals surface area contributed by atoms with Crippen LogP contribution in [0.4, 0.5) is 5.13 Å². The van der Waals surface area contributed by atoms with Crippen LogP contribution in [0.2, 0.25) is 0 Å². The molecule has 7 heteroatoms. The summed E-state index contributed by atoms with van der Waals surface area (Å²) >= 11 is 1.33. The number of aliphatic hydroxyl groups is 1. The topological polar surface area (TPSA) is 79.7 Å². The molecule has 1 amide bonds. The molecule has 0 spiro atoms. The lowest BCUT2D eigenvalue weighted by molar-refractivity contribution is -0.132. The molecule has 158 valence electrons. The van der Waals surface area contributed by atoms with Gasteiger partial charge in [-0.25, -0.2) is 4.98 Å². The second-order valence-corrected chi connectivity index (χ2v) is 8.28. The van der Waals surface area contributed by atoms with Crippen molar-refractivity contribution in [2.24, 2.45) is 0 Å². The van der Waals surface area contributed by atoms with E-state index in [4.69, 9.17) is 4.74 Å². The molecule has 32 heavy (non-hydrogen) atoms. The summed E-state index contributed by atoms with van der Waals surface area (Å²) < 4.78 is 6.15. The minimum absolute atomic E-state index is 0.0330. The van der Waals surface area contributed by atoms with Crippen LogP contribution in [0.3, 0.4) is 0 Å². The Morgan fingerprint density at radius 2 is 1.66 bits per heavy atom. The largest absolute Gasteiger partial charge is 0.507 e. The van der Waals surface area contributed by atoms with Crippen LogP contribution in [0.5, 0.6) is 5.75 Å². The number of ketones is 1. The van der Waals surface area contributed by atoms with E-state index < -0.39 is 17.7 Å². The van der Waals surface area contributed by atoms with Crippen LogP contribution >= 0.6 is 11.3 Å². The molecule has 1 N–H and O–H groups in total. The van der Waals surface area contributed by atoms with Crippen LogP contribution in [0.1, 0.15) is 17.2 Å². The number of hydrogen-bond acceptors (Lipinski definition) is 6. The van der Waals surface area contributed by atoms with Crippen molar-refractivity contribution in [3.8, 4) is 5.75 Å². The highest BCUT2D eigenvalue weighted by atomic mass is 32.1. The fraction of sp³-hybridized carbons (Fsp3) is 0.0800. The lowest BCUT2D eigenvalue weighted by atomic mass is 9.95. The monoisotopic (exact) mass is 442 g/mol. The molecular weight excluding hydrogens is 424 g/mol. The minimum Gasteiger partial charge on any atom is -0.507 e. The molecule has 0 aliphatic carbocycles. The molecule has 0 radical (unpaired) electrons. The zero-order valence-electron chi connectivity index (χ0n) is 17.1. The van der Waals surface area contributed by atoms with Crippen molar-refractivity contribution in [3.05, 3.63) is 95.6 Å². The Kier molecular flexibility index (Phi) is 4.95.